The van der Waals surface area contributed by atoms with E-state index in [0.717, 1.165) is 13.1 Å². The zero-order chi connectivity index (χ0) is 14.5. The summed E-state index contributed by atoms with van der Waals surface area (Å²) in [6.07, 6.45) is 0. The molecule has 1 heteroatoms. The summed E-state index contributed by atoms with van der Waals surface area (Å²) in [4.78, 5) is 0. The van der Waals surface area contributed by atoms with E-state index in [4.69, 9.17) is 0 Å². The Morgan fingerprint density at radius 1 is 1.00 bits per heavy atom. The quantitative estimate of drug-likeness (QED) is 0.813. The maximum Gasteiger partial charge on any atom is 0.0205 e. The Labute approximate surface area is 123 Å². The molecular formula is C19H25N. The third-order valence-electron chi connectivity index (χ3n) is 3.77. The van der Waals surface area contributed by atoms with E-state index < -0.39 is 0 Å². The summed E-state index contributed by atoms with van der Waals surface area (Å²) in [5.74, 6) is 0.588. The number of nitrogens with one attached hydrogen (secondary N) is 1. The molecule has 2 aromatic rings. The van der Waals surface area contributed by atoms with Gasteiger partial charge in [-0.25, -0.2) is 0 Å². The van der Waals surface area contributed by atoms with Crippen molar-refractivity contribution in [2.75, 3.05) is 6.54 Å². The van der Waals surface area contributed by atoms with Gasteiger partial charge < -0.3 is 5.32 Å². The zero-order valence-corrected chi connectivity index (χ0v) is 13.0. The van der Waals surface area contributed by atoms with Crippen molar-refractivity contribution in [1.82, 2.24) is 5.32 Å². The lowest BCUT2D eigenvalue weighted by Crippen LogP contribution is -2.11. The van der Waals surface area contributed by atoms with Crippen LogP contribution in [0.2, 0.25) is 0 Å². The van der Waals surface area contributed by atoms with E-state index in [-0.39, 0.29) is 0 Å². The van der Waals surface area contributed by atoms with Crippen molar-refractivity contribution < 1.29 is 0 Å². The Hall–Kier alpha value is -1.60. The lowest BCUT2D eigenvalue weighted by Gasteiger charge is -2.11. The zero-order valence-electron chi connectivity index (χ0n) is 13.0. The van der Waals surface area contributed by atoms with Crippen LogP contribution in [0.5, 0.6) is 0 Å². The molecule has 0 amide bonds. The van der Waals surface area contributed by atoms with Gasteiger partial charge in [0.15, 0.2) is 0 Å². The second-order valence-electron chi connectivity index (χ2n) is 5.71. The monoisotopic (exact) mass is 267 g/mol. The minimum atomic E-state index is 0.588. The van der Waals surface area contributed by atoms with E-state index in [1.807, 2.05) is 0 Å². The van der Waals surface area contributed by atoms with Crippen LogP contribution in [0, 0.1) is 6.92 Å². The second-order valence-corrected chi connectivity index (χ2v) is 5.71. The molecule has 0 saturated carbocycles. The molecule has 0 heterocycles. The summed E-state index contributed by atoms with van der Waals surface area (Å²) in [6, 6.07) is 15.7. The van der Waals surface area contributed by atoms with Crippen molar-refractivity contribution >= 4 is 0 Å². The van der Waals surface area contributed by atoms with Gasteiger partial charge in [0, 0.05) is 6.54 Å². The maximum atomic E-state index is 3.39. The van der Waals surface area contributed by atoms with Crippen LogP contribution in [0.15, 0.2) is 42.5 Å². The average molecular weight is 267 g/mol. The van der Waals surface area contributed by atoms with E-state index in [1.165, 1.54) is 27.8 Å². The second kappa shape index (κ2) is 6.71. The number of aryl methyl sites for hydroxylation is 1. The molecule has 0 aromatic heterocycles. The summed E-state index contributed by atoms with van der Waals surface area (Å²) in [5, 5.41) is 3.39. The van der Waals surface area contributed by atoms with Gasteiger partial charge in [-0.1, -0.05) is 57.2 Å². The van der Waals surface area contributed by atoms with E-state index in [2.05, 4.69) is 75.5 Å². The molecule has 1 N–H and O–H groups in total. The summed E-state index contributed by atoms with van der Waals surface area (Å²) >= 11 is 0. The molecule has 1 nitrogen and oxygen atoms in total. The van der Waals surface area contributed by atoms with Gasteiger partial charge in [-0.2, -0.15) is 0 Å². The third kappa shape index (κ3) is 3.49. The molecule has 0 aliphatic heterocycles. The molecule has 0 saturated heterocycles. The van der Waals surface area contributed by atoms with Crippen LogP contribution >= 0.6 is 0 Å². The smallest absolute Gasteiger partial charge is 0.0205 e. The molecule has 20 heavy (non-hydrogen) atoms. The molecule has 2 rings (SSSR count). The number of rotatable bonds is 5. The van der Waals surface area contributed by atoms with E-state index >= 15 is 0 Å². The van der Waals surface area contributed by atoms with Gasteiger partial charge in [0.25, 0.3) is 0 Å². The third-order valence-corrected chi connectivity index (χ3v) is 3.77. The van der Waals surface area contributed by atoms with Crippen LogP contribution in [0.1, 0.15) is 43.4 Å². The topological polar surface area (TPSA) is 12.0 Å². The Kier molecular flexibility index (Phi) is 4.97. The van der Waals surface area contributed by atoms with Crippen LogP contribution in [0.4, 0.5) is 0 Å². The number of benzene rings is 2. The molecule has 0 radical (unpaired) electrons. The Balaban J connectivity index is 2.30. The normalized spacial score (nSPS) is 11.1. The van der Waals surface area contributed by atoms with Gasteiger partial charge in [0.1, 0.15) is 0 Å². The minimum absolute atomic E-state index is 0.588. The molecule has 0 bridgehead atoms. The van der Waals surface area contributed by atoms with Crippen LogP contribution in [0.3, 0.4) is 0 Å². The van der Waals surface area contributed by atoms with E-state index in [9.17, 15) is 0 Å². The van der Waals surface area contributed by atoms with Crippen molar-refractivity contribution in [3.8, 4) is 11.1 Å². The minimum Gasteiger partial charge on any atom is -0.313 e. The lowest BCUT2D eigenvalue weighted by molar-refractivity contribution is 0.727. The highest BCUT2D eigenvalue weighted by atomic mass is 14.8. The molecular weight excluding hydrogens is 242 g/mol. The molecule has 2 aromatic carbocycles. The van der Waals surface area contributed by atoms with Gasteiger partial charge >= 0.3 is 0 Å². The molecule has 0 atom stereocenters. The molecule has 0 aliphatic rings. The highest BCUT2D eigenvalue weighted by Gasteiger charge is 2.05. The van der Waals surface area contributed by atoms with Crippen molar-refractivity contribution in [3.05, 3.63) is 59.2 Å². The molecule has 0 spiro atoms. The Bertz CT molecular complexity index is 552. The van der Waals surface area contributed by atoms with Gasteiger partial charge in [0.2, 0.25) is 0 Å². The van der Waals surface area contributed by atoms with Crippen molar-refractivity contribution in [2.24, 2.45) is 0 Å². The number of hydrogen-bond acceptors (Lipinski definition) is 1. The first-order chi connectivity index (χ1) is 9.61. The molecule has 0 aliphatic carbocycles. The Morgan fingerprint density at radius 3 is 2.30 bits per heavy atom. The summed E-state index contributed by atoms with van der Waals surface area (Å²) in [6.45, 7) is 10.7. The standard InChI is InChI=1S/C19H25N/c1-5-20-13-16-7-6-15(4)19(12-16)18-10-8-17(9-11-18)14(2)3/h6-12,14,20H,5,13H2,1-4H3. The molecule has 0 unspecified atom stereocenters. The first-order valence-electron chi connectivity index (χ1n) is 7.52. The highest BCUT2D eigenvalue weighted by Crippen LogP contribution is 2.26. The molecule has 0 fully saturated rings. The highest BCUT2D eigenvalue weighted by molar-refractivity contribution is 5.68. The van der Waals surface area contributed by atoms with Gasteiger partial charge in [0.05, 0.1) is 0 Å². The fraction of sp³-hybridized carbons (Fsp3) is 0.368. The fourth-order valence-corrected chi connectivity index (χ4v) is 2.41. The van der Waals surface area contributed by atoms with Gasteiger partial charge in [-0.05, 0) is 53.3 Å². The van der Waals surface area contributed by atoms with Gasteiger partial charge in [-0.3, -0.25) is 0 Å². The summed E-state index contributed by atoms with van der Waals surface area (Å²) < 4.78 is 0. The first-order valence-corrected chi connectivity index (χ1v) is 7.52. The van der Waals surface area contributed by atoms with E-state index in [1.54, 1.807) is 0 Å². The first kappa shape index (κ1) is 14.8. The lowest BCUT2D eigenvalue weighted by atomic mass is 9.95. The van der Waals surface area contributed by atoms with Crippen molar-refractivity contribution in [3.63, 3.8) is 0 Å². The molecule has 106 valence electrons. The Morgan fingerprint density at radius 2 is 1.70 bits per heavy atom. The van der Waals surface area contributed by atoms with Crippen molar-refractivity contribution in [1.29, 1.82) is 0 Å². The maximum absolute atomic E-state index is 3.39. The largest absolute Gasteiger partial charge is 0.313 e. The fourth-order valence-electron chi connectivity index (χ4n) is 2.41. The van der Waals surface area contributed by atoms with Crippen molar-refractivity contribution in [2.45, 2.75) is 40.2 Å². The van der Waals surface area contributed by atoms with E-state index in [0.29, 0.717) is 5.92 Å². The predicted molar refractivity (Wildman–Crippen MR) is 88.1 cm³/mol. The van der Waals surface area contributed by atoms with Crippen LogP contribution in [0.25, 0.3) is 11.1 Å². The number of hydrogen-bond donors (Lipinski definition) is 1. The predicted octanol–water partition coefficient (Wildman–Crippen LogP) is 4.89. The summed E-state index contributed by atoms with van der Waals surface area (Å²) in [7, 11) is 0. The SMILES string of the molecule is CCNCc1ccc(C)c(-c2ccc(C(C)C)cc2)c1. The summed E-state index contributed by atoms with van der Waals surface area (Å²) in [5.41, 5.74) is 6.74. The van der Waals surface area contributed by atoms with Crippen LogP contribution in [-0.2, 0) is 6.54 Å². The van der Waals surface area contributed by atoms with Gasteiger partial charge in [-0.15, -0.1) is 0 Å². The van der Waals surface area contributed by atoms with Crippen LogP contribution in [-0.4, -0.2) is 6.54 Å². The average Bonchev–Trinajstić information content (AvgIpc) is 2.46. The van der Waals surface area contributed by atoms with Crippen LogP contribution < -0.4 is 5.32 Å².